The molecule has 0 radical (unpaired) electrons. The summed E-state index contributed by atoms with van der Waals surface area (Å²) in [7, 11) is 1.82. The fourth-order valence-electron chi connectivity index (χ4n) is 2.25. The molecule has 1 atom stereocenters. The summed E-state index contributed by atoms with van der Waals surface area (Å²) in [4.78, 5) is 25.9. The van der Waals surface area contributed by atoms with Gasteiger partial charge in [0.2, 0.25) is 5.91 Å². The number of nitrogens with zero attached hydrogens (tertiary/aromatic N) is 1. The van der Waals surface area contributed by atoms with Crippen LogP contribution in [0.4, 0.5) is 5.69 Å². The van der Waals surface area contributed by atoms with Gasteiger partial charge in [0.1, 0.15) is 5.92 Å². The van der Waals surface area contributed by atoms with Gasteiger partial charge in [0.25, 0.3) is 0 Å². The molecule has 0 aliphatic carbocycles. The van der Waals surface area contributed by atoms with Gasteiger partial charge in [-0.05, 0) is 17.7 Å². The number of primary amides is 1. The van der Waals surface area contributed by atoms with Crippen LogP contribution in [-0.2, 0) is 9.59 Å². The number of hydrogen-bond acceptors (Lipinski definition) is 3. The summed E-state index contributed by atoms with van der Waals surface area (Å²) in [6.45, 7) is 0.131. The number of nitrogens with two attached hydrogens (primary N) is 1. The first kappa shape index (κ1) is 14.8. The SMILES string of the molecule is CN(CC(=O)[C@H](C(N)=O)c1ccccc1)c1ccccc1. The molecule has 0 spiro atoms. The van der Waals surface area contributed by atoms with Gasteiger partial charge < -0.3 is 10.6 Å². The number of Topliss-reactive ketones (excluding diaryl/α,β-unsaturated/α-hetero) is 1. The number of hydrogen-bond donors (Lipinski definition) is 1. The molecule has 4 nitrogen and oxygen atoms in total. The summed E-state index contributed by atoms with van der Waals surface area (Å²) >= 11 is 0. The highest BCUT2D eigenvalue weighted by atomic mass is 16.2. The summed E-state index contributed by atoms with van der Waals surface area (Å²) in [6, 6.07) is 18.4. The minimum atomic E-state index is -0.905. The Kier molecular flexibility index (Phi) is 4.72. The van der Waals surface area contributed by atoms with Gasteiger partial charge in [-0.25, -0.2) is 0 Å². The molecule has 108 valence electrons. The molecule has 0 aliphatic rings. The second kappa shape index (κ2) is 6.70. The van der Waals surface area contributed by atoms with Crippen LogP contribution in [0.25, 0.3) is 0 Å². The summed E-state index contributed by atoms with van der Waals surface area (Å²) in [6.07, 6.45) is 0. The Morgan fingerprint density at radius 2 is 1.52 bits per heavy atom. The molecule has 0 unspecified atom stereocenters. The van der Waals surface area contributed by atoms with Gasteiger partial charge in [-0.3, -0.25) is 9.59 Å². The van der Waals surface area contributed by atoms with Crippen molar-refractivity contribution >= 4 is 17.4 Å². The van der Waals surface area contributed by atoms with E-state index >= 15 is 0 Å². The zero-order chi connectivity index (χ0) is 15.2. The number of carbonyl (C=O) groups is 2. The Bertz CT molecular complexity index is 611. The van der Waals surface area contributed by atoms with Crippen molar-refractivity contribution in [3.05, 3.63) is 66.2 Å². The van der Waals surface area contributed by atoms with E-state index in [2.05, 4.69) is 0 Å². The van der Waals surface area contributed by atoms with Crippen LogP contribution in [0, 0.1) is 0 Å². The summed E-state index contributed by atoms with van der Waals surface area (Å²) < 4.78 is 0. The predicted molar refractivity (Wildman–Crippen MR) is 83.1 cm³/mol. The highest BCUT2D eigenvalue weighted by Crippen LogP contribution is 2.18. The van der Waals surface area contributed by atoms with Gasteiger partial charge in [0.05, 0.1) is 6.54 Å². The van der Waals surface area contributed by atoms with Gasteiger partial charge in [-0.1, -0.05) is 48.5 Å². The first-order valence-electron chi connectivity index (χ1n) is 6.72. The van der Waals surface area contributed by atoms with Crippen molar-refractivity contribution < 1.29 is 9.59 Å². The third-order valence-corrected chi connectivity index (χ3v) is 3.33. The maximum atomic E-state index is 12.4. The lowest BCUT2D eigenvalue weighted by atomic mass is 9.93. The van der Waals surface area contributed by atoms with E-state index in [0.717, 1.165) is 5.69 Å². The molecule has 2 N–H and O–H groups in total. The fraction of sp³-hybridized carbons (Fsp3) is 0.176. The number of anilines is 1. The zero-order valence-corrected chi connectivity index (χ0v) is 11.9. The Labute approximate surface area is 124 Å². The quantitative estimate of drug-likeness (QED) is 0.824. The van der Waals surface area contributed by atoms with E-state index in [9.17, 15) is 9.59 Å². The molecule has 1 amide bonds. The normalized spacial score (nSPS) is 11.7. The molecule has 0 saturated heterocycles. The number of para-hydroxylation sites is 1. The standard InChI is InChI=1S/C17H18N2O2/c1-19(14-10-6-3-7-11-14)12-15(20)16(17(18)21)13-8-4-2-5-9-13/h2-11,16H,12H2,1H3,(H2,18,21)/t16-/m1/s1. The molecule has 0 heterocycles. The molecule has 2 aromatic rings. The van der Waals surface area contributed by atoms with E-state index in [0.29, 0.717) is 5.56 Å². The molecule has 0 saturated carbocycles. The molecule has 2 rings (SSSR count). The summed E-state index contributed by atoms with van der Waals surface area (Å²) in [5, 5.41) is 0. The van der Waals surface area contributed by atoms with Crippen LogP contribution in [-0.4, -0.2) is 25.3 Å². The van der Waals surface area contributed by atoms with Crippen LogP contribution in [0.15, 0.2) is 60.7 Å². The van der Waals surface area contributed by atoms with Gasteiger partial charge in [0, 0.05) is 12.7 Å². The van der Waals surface area contributed by atoms with Crippen molar-refractivity contribution in [2.75, 3.05) is 18.5 Å². The lowest BCUT2D eigenvalue weighted by molar-refractivity contribution is -0.127. The maximum Gasteiger partial charge on any atom is 0.232 e. The van der Waals surface area contributed by atoms with E-state index in [1.807, 2.05) is 43.4 Å². The van der Waals surface area contributed by atoms with Crippen molar-refractivity contribution in [2.24, 2.45) is 5.73 Å². The van der Waals surface area contributed by atoms with Crippen LogP contribution < -0.4 is 10.6 Å². The largest absolute Gasteiger partial charge is 0.369 e. The number of ketones is 1. The predicted octanol–water partition coefficient (Wildman–Crippen LogP) is 1.96. The second-order valence-corrected chi connectivity index (χ2v) is 4.90. The third kappa shape index (κ3) is 3.69. The Morgan fingerprint density at radius 3 is 2.05 bits per heavy atom. The van der Waals surface area contributed by atoms with Gasteiger partial charge in [0.15, 0.2) is 5.78 Å². The van der Waals surface area contributed by atoms with Crippen molar-refractivity contribution in [3.63, 3.8) is 0 Å². The van der Waals surface area contributed by atoms with E-state index < -0.39 is 11.8 Å². The van der Waals surface area contributed by atoms with E-state index in [1.165, 1.54) is 0 Å². The molecular formula is C17H18N2O2. The van der Waals surface area contributed by atoms with Crippen molar-refractivity contribution in [2.45, 2.75) is 5.92 Å². The highest BCUT2D eigenvalue weighted by Gasteiger charge is 2.26. The highest BCUT2D eigenvalue weighted by molar-refractivity contribution is 6.07. The molecule has 4 heteroatoms. The lowest BCUT2D eigenvalue weighted by Crippen LogP contribution is -2.35. The van der Waals surface area contributed by atoms with E-state index in [1.54, 1.807) is 29.2 Å². The van der Waals surface area contributed by atoms with Crippen LogP contribution in [0.2, 0.25) is 0 Å². The monoisotopic (exact) mass is 282 g/mol. The molecule has 0 fully saturated rings. The number of amides is 1. The topological polar surface area (TPSA) is 63.4 Å². The van der Waals surface area contributed by atoms with E-state index in [4.69, 9.17) is 5.73 Å². The number of likely N-dealkylation sites (N-methyl/N-ethyl adjacent to an activating group) is 1. The van der Waals surface area contributed by atoms with Crippen LogP contribution in [0.3, 0.4) is 0 Å². The number of rotatable bonds is 6. The molecule has 0 aromatic heterocycles. The lowest BCUT2D eigenvalue weighted by Gasteiger charge is -2.21. The van der Waals surface area contributed by atoms with Crippen LogP contribution in [0.1, 0.15) is 11.5 Å². The van der Waals surface area contributed by atoms with Crippen molar-refractivity contribution in [3.8, 4) is 0 Å². The third-order valence-electron chi connectivity index (χ3n) is 3.33. The molecule has 0 aliphatic heterocycles. The molecule has 21 heavy (non-hydrogen) atoms. The van der Waals surface area contributed by atoms with Gasteiger partial charge in [-0.2, -0.15) is 0 Å². The van der Waals surface area contributed by atoms with Crippen molar-refractivity contribution in [1.82, 2.24) is 0 Å². The zero-order valence-electron chi connectivity index (χ0n) is 11.9. The minimum Gasteiger partial charge on any atom is -0.369 e. The Morgan fingerprint density at radius 1 is 1.00 bits per heavy atom. The first-order chi connectivity index (χ1) is 10.1. The first-order valence-corrected chi connectivity index (χ1v) is 6.72. The molecule has 0 bridgehead atoms. The Hall–Kier alpha value is -2.62. The number of carbonyl (C=O) groups excluding carboxylic acids is 2. The van der Waals surface area contributed by atoms with Crippen molar-refractivity contribution in [1.29, 1.82) is 0 Å². The summed E-state index contributed by atoms with van der Waals surface area (Å²) in [5.74, 6) is -1.73. The fourth-order valence-corrected chi connectivity index (χ4v) is 2.25. The van der Waals surface area contributed by atoms with Gasteiger partial charge in [-0.15, -0.1) is 0 Å². The van der Waals surface area contributed by atoms with Crippen LogP contribution >= 0.6 is 0 Å². The molecule has 2 aromatic carbocycles. The molecular weight excluding hydrogens is 264 g/mol. The average molecular weight is 282 g/mol. The van der Waals surface area contributed by atoms with E-state index in [-0.39, 0.29) is 12.3 Å². The Balaban J connectivity index is 2.15. The van der Waals surface area contributed by atoms with Crippen LogP contribution in [0.5, 0.6) is 0 Å². The van der Waals surface area contributed by atoms with Gasteiger partial charge >= 0.3 is 0 Å². The maximum absolute atomic E-state index is 12.4. The average Bonchev–Trinajstić information content (AvgIpc) is 2.49. The number of benzene rings is 2. The second-order valence-electron chi connectivity index (χ2n) is 4.90. The minimum absolute atomic E-state index is 0.131. The summed E-state index contributed by atoms with van der Waals surface area (Å²) in [5.41, 5.74) is 6.96. The smallest absolute Gasteiger partial charge is 0.232 e.